The molecule has 1 aliphatic heterocycles. The van der Waals surface area contributed by atoms with E-state index in [4.69, 9.17) is 4.74 Å². The van der Waals surface area contributed by atoms with Crippen LogP contribution in [0.3, 0.4) is 0 Å². The monoisotopic (exact) mass is 344 g/mol. The summed E-state index contributed by atoms with van der Waals surface area (Å²) in [5.41, 5.74) is 3.52. The molecule has 1 aliphatic carbocycles. The number of halogens is 1. The minimum absolute atomic E-state index is 0.0682. The van der Waals surface area contributed by atoms with Gasteiger partial charge in [0.15, 0.2) is 0 Å². The van der Waals surface area contributed by atoms with Crippen LogP contribution in [0.15, 0.2) is 30.5 Å². The summed E-state index contributed by atoms with van der Waals surface area (Å²) in [5, 5.41) is 7.97. The lowest BCUT2D eigenvalue weighted by Crippen LogP contribution is -2.48. The number of nitrogens with zero attached hydrogens (tertiary/aromatic N) is 3. The number of rotatable bonds is 4. The van der Waals surface area contributed by atoms with Crippen molar-refractivity contribution in [3.05, 3.63) is 53.1 Å². The smallest absolute Gasteiger partial charge is 0.123 e. The van der Waals surface area contributed by atoms with E-state index in [2.05, 4.69) is 28.4 Å². The maximum Gasteiger partial charge on any atom is 0.123 e. The van der Waals surface area contributed by atoms with E-state index in [1.54, 1.807) is 12.1 Å². The molecule has 3 atom stereocenters. The molecule has 0 radical (unpaired) electrons. The summed E-state index contributed by atoms with van der Waals surface area (Å²) < 4.78 is 21.4. The number of nitrogens with one attached hydrogen (secondary N) is 1. The van der Waals surface area contributed by atoms with E-state index < -0.39 is 0 Å². The number of fused-ring (bicyclic) bond motifs is 1. The third kappa shape index (κ3) is 3.21. The number of likely N-dealkylation sites (N-methyl/N-ethyl adjacent to an activating group) is 1. The van der Waals surface area contributed by atoms with Crippen LogP contribution in [0, 0.1) is 5.82 Å². The van der Waals surface area contributed by atoms with Crippen molar-refractivity contribution in [2.45, 2.75) is 31.0 Å². The van der Waals surface area contributed by atoms with Crippen LogP contribution in [-0.2, 0) is 18.2 Å². The Morgan fingerprint density at radius 2 is 2.20 bits per heavy atom. The molecule has 25 heavy (non-hydrogen) atoms. The lowest BCUT2D eigenvalue weighted by atomic mass is 10.0. The van der Waals surface area contributed by atoms with Gasteiger partial charge in [-0.1, -0.05) is 6.07 Å². The summed E-state index contributed by atoms with van der Waals surface area (Å²) in [6.45, 7) is 2.42. The topological polar surface area (TPSA) is 42.3 Å². The van der Waals surface area contributed by atoms with E-state index in [1.165, 1.54) is 11.3 Å². The van der Waals surface area contributed by atoms with Gasteiger partial charge in [-0.3, -0.25) is 9.58 Å². The Balaban J connectivity index is 1.48. The number of aryl methyl sites for hydroxylation is 2. The summed E-state index contributed by atoms with van der Waals surface area (Å²) in [7, 11) is 4.12. The van der Waals surface area contributed by atoms with Crippen molar-refractivity contribution >= 4 is 0 Å². The lowest BCUT2D eigenvalue weighted by Gasteiger charge is -2.39. The summed E-state index contributed by atoms with van der Waals surface area (Å²) in [6.07, 6.45) is 3.85. The quantitative estimate of drug-likeness (QED) is 0.923. The Morgan fingerprint density at radius 3 is 3.00 bits per heavy atom. The van der Waals surface area contributed by atoms with Crippen molar-refractivity contribution in [1.29, 1.82) is 0 Å². The van der Waals surface area contributed by atoms with E-state index >= 15 is 0 Å². The van der Waals surface area contributed by atoms with Gasteiger partial charge in [-0.15, -0.1) is 0 Å². The van der Waals surface area contributed by atoms with Crippen molar-refractivity contribution in [3.63, 3.8) is 0 Å². The zero-order valence-corrected chi connectivity index (χ0v) is 14.8. The average molecular weight is 344 g/mol. The van der Waals surface area contributed by atoms with Gasteiger partial charge < -0.3 is 10.1 Å². The van der Waals surface area contributed by atoms with Gasteiger partial charge in [-0.2, -0.15) is 5.10 Å². The van der Waals surface area contributed by atoms with Gasteiger partial charge in [0, 0.05) is 32.4 Å². The first kappa shape index (κ1) is 16.7. The van der Waals surface area contributed by atoms with Crippen LogP contribution in [-0.4, -0.2) is 47.5 Å². The minimum atomic E-state index is -0.145. The Labute approximate surface area is 147 Å². The van der Waals surface area contributed by atoms with E-state index in [1.807, 2.05) is 24.0 Å². The molecule has 1 aromatic heterocycles. The predicted octanol–water partition coefficient (Wildman–Crippen LogP) is 2.21. The molecule has 2 aromatic rings. The normalized spacial score (nSPS) is 26.8. The molecule has 0 spiro atoms. The van der Waals surface area contributed by atoms with Gasteiger partial charge in [0.25, 0.3) is 0 Å². The van der Waals surface area contributed by atoms with Gasteiger partial charge in [0.2, 0.25) is 0 Å². The highest BCUT2D eigenvalue weighted by molar-refractivity contribution is 5.35. The third-order valence-electron chi connectivity index (χ3n) is 5.51. The number of aromatic nitrogens is 2. The molecule has 1 unspecified atom stereocenters. The van der Waals surface area contributed by atoms with Crippen LogP contribution >= 0.6 is 0 Å². The Morgan fingerprint density at radius 1 is 1.32 bits per heavy atom. The van der Waals surface area contributed by atoms with E-state index in [9.17, 15) is 4.39 Å². The van der Waals surface area contributed by atoms with Crippen LogP contribution in [0.4, 0.5) is 4.39 Å². The second-order valence-corrected chi connectivity index (χ2v) is 7.06. The van der Waals surface area contributed by atoms with Gasteiger partial charge in [-0.05, 0) is 49.2 Å². The summed E-state index contributed by atoms with van der Waals surface area (Å²) in [4.78, 5) is 2.34. The fraction of sp³-hybridized carbons (Fsp3) is 0.526. The standard InChI is InChI=1S/C19H25FN4O/c1-23-9-10-25-18(19(23)17-7-8-22-24(17)2)12-21-16-6-3-13-11-14(20)4-5-15(13)16/h4-5,7-8,11,16,18-19,21H,3,6,9-10,12H2,1-2H3/t16?,18-,19-/m0/s1. The van der Waals surface area contributed by atoms with Crippen molar-refractivity contribution in [2.75, 3.05) is 26.7 Å². The highest BCUT2D eigenvalue weighted by atomic mass is 19.1. The molecular weight excluding hydrogens is 319 g/mol. The zero-order chi connectivity index (χ0) is 17.4. The first-order valence-electron chi connectivity index (χ1n) is 8.95. The molecule has 1 fully saturated rings. The van der Waals surface area contributed by atoms with Crippen LogP contribution in [0.2, 0.25) is 0 Å². The molecular formula is C19H25FN4O. The fourth-order valence-corrected chi connectivity index (χ4v) is 4.18. The van der Waals surface area contributed by atoms with Crippen LogP contribution in [0.1, 0.15) is 35.3 Å². The first-order valence-corrected chi connectivity index (χ1v) is 8.95. The molecule has 6 heteroatoms. The maximum atomic E-state index is 13.4. The van der Waals surface area contributed by atoms with Crippen molar-refractivity contribution in [2.24, 2.45) is 7.05 Å². The summed E-state index contributed by atoms with van der Waals surface area (Å²) >= 11 is 0. The summed E-state index contributed by atoms with van der Waals surface area (Å²) in [5.74, 6) is -0.145. The van der Waals surface area contributed by atoms with Crippen LogP contribution < -0.4 is 5.32 Å². The molecule has 0 amide bonds. The fourth-order valence-electron chi connectivity index (χ4n) is 4.18. The van der Waals surface area contributed by atoms with Crippen molar-refractivity contribution < 1.29 is 9.13 Å². The van der Waals surface area contributed by atoms with Gasteiger partial charge in [-0.25, -0.2) is 4.39 Å². The van der Waals surface area contributed by atoms with E-state index in [-0.39, 0.29) is 24.0 Å². The zero-order valence-electron chi connectivity index (χ0n) is 14.8. The lowest BCUT2D eigenvalue weighted by molar-refractivity contribution is -0.0647. The van der Waals surface area contributed by atoms with Crippen LogP contribution in [0.25, 0.3) is 0 Å². The molecule has 2 aliphatic rings. The second kappa shape index (κ2) is 6.86. The van der Waals surface area contributed by atoms with Crippen molar-refractivity contribution in [3.8, 4) is 0 Å². The Hall–Kier alpha value is -1.76. The maximum absolute atomic E-state index is 13.4. The number of hydrogen-bond donors (Lipinski definition) is 1. The second-order valence-electron chi connectivity index (χ2n) is 7.06. The Kier molecular flexibility index (Phi) is 4.58. The molecule has 2 heterocycles. The molecule has 1 aromatic carbocycles. The molecule has 1 N–H and O–H groups in total. The highest BCUT2D eigenvalue weighted by Crippen LogP contribution is 2.33. The van der Waals surface area contributed by atoms with Gasteiger partial charge >= 0.3 is 0 Å². The molecule has 5 nitrogen and oxygen atoms in total. The van der Waals surface area contributed by atoms with Crippen LogP contribution in [0.5, 0.6) is 0 Å². The molecule has 134 valence electrons. The summed E-state index contributed by atoms with van der Waals surface area (Å²) in [6, 6.07) is 7.67. The number of benzene rings is 1. The van der Waals surface area contributed by atoms with Gasteiger partial charge in [0.05, 0.1) is 24.4 Å². The predicted molar refractivity (Wildman–Crippen MR) is 93.8 cm³/mol. The molecule has 0 saturated carbocycles. The largest absolute Gasteiger partial charge is 0.374 e. The van der Waals surface area contributed by atoms with E-state index in [0.29, 0.717) is 0 Å². The minimum Gasteiger partial charge on any atom is -0.374 e. The molecule has 4 rings (SSSR count). The number of morpholine rings is 1. The number of hydrogen-bond acceptors (Lipinski definition) is 4. The first-order chi connectivity index (χ1) is 12.1. The highest BCUT2D eigenvalue weighted by Gasteiger charge is 2.34. The SMILES string of the molecule is CN1CCO[C@@H](CNC2CCc3cc(F)ccc32)[C@@H]1c1ccnn1C. The molecule has 0 bridgehead atoms. The Bertz CT molecular complexity index is 747. The third-order valence-corrected chi connectivity index (χ3v) is 5.51. The van der Waals surface area contributed by atoms with Crippen molar-refractivity contribution in [1.82, 2.24) is 20.0 Å². The molecule has 1 saturated heterocycles. The number of ether oxygens (including phenoxy) is 1. The van der Waals surface area contributed by atoms with Gasteiger partial charge in [0.1, 0.15) is 5.82 Å². The average Bonchev–Trinajstić information content (AvgIpc) is 3.19. The van der Waals surface area contributed by atoms with E-state index in [0.717, 1.165) is 38.1 Å².